The van der Waals surface area contributed by atoms with Gasteiger partial charge in [-0.2, -0.15) is 0 Å². The second-order valence-electron chi connectivity index (χ2n) is 4.25. The van der Waals surface area contributed by atoms with Gasteiger partial charge >= 0.3 is 0 Å². The minimum absolute atomic E-state index is 0.295. The van der Waals surface area contributed by atoms with Crippen molar-refractivity contribution in [3.05, 3.63) is 29.3 Å². The zero-order valence-corrected chi connectivity index (χ0v) is 11.2. The molecule has 1 rings (SSSR count). The molecule has 0 radical (unpaired) electrons. The van der Waals surface area contributed by atoms with Crippen molar-refractivity contribution in [3.8, 4) is 5.75 Å². The number of nitrogens with one attached hydrogen (secondary N) is 1. The zero-order valence-electron chi connectivity index (χ0n) is 11.2. The molecule has 0 saturated heterocycles. The van der Waals surface area contributed by atoms with Crippen LogP contribution >= 0.6 is 0 Å². The van der Waals surface area contributed by atoms with Crippen LogP contribution < -0.4 is 10.1 Å². The Kier molecular flexibility index (Phi) is 6.01. The quantitative estimate of drug-likeness (QED) is 0.739. The van der Waals surface area contributed by atoms with Crippen molar-refractivity contribution in [2.45, 2.75) is 33.2 Å². The maximum Gasteiger partial charge on any atom is 0.188 e. The highest BCUT2D eigenvalue weighted by atomic mass is 16.7. The number of hydrogen-bond acceptors (Lipinski definition) is 3. The summed E-state index contributed by atoms with van der Waals surface area (Å²) >= 11 is 0. The Morgan fingerprint density at radius 2 is 2.12 bits per heavy atom. The van der Waals surface area contributed by atoms with Gasteiger partial charge in [0.15, 0.2) is 6.79 Å². The largest absolute Gasteiger partial charge is 0.467 e. The molecule has 0 amide bonds. The van der Waals surface area contributed by atoms with Crippen molar-refractivity contribution in [2.24, 2.45) is 0 Å². The molecule has 0 heterocycles. The molecular formula is C14H23NO2. The fourth-order valence-electron chi connectivity index (χ4n) is 1.70. The molecule has 1 aromatic carbocycles. The molecule has 0 spiro atoms. The number of benzene rings is 1. The summed E-state index contributed by atoms with van der Waals surface area (Å²) < 4.78 is 10.4. The molecule has 1 atom stereocenters. The van der Waals surface area contributed by atoms with Crippen LogP contribution in [0.5, 0.6) is 5.75 Å². The number of hydrogen-bond donors (Lipinski definition) is 1. The van der Waals surface area contributed by atoms with Gasteiger partial charge in [0.25, 0.3) is 0 Å². The molecule has 0 bridgehead atoms. The van der Waals surface area contributed by atoms with Crippen LogP contribution in [-0.2, 0) is 4.74 Å². The summed E-state index contributed by atoms with van der Waals surface area (Å²) in [7, 11) is 1.63. The monoisotopic (exact) mass is 237 g/mol. The maximum atomic E-state index is 5.46. The van der Waals surface area contributed by atoms with E-state index >= 15 is 0 Å². The van der Waals surface area contributed by atoms with E-state index in [4.69, 9.17) is 9.47 Å². The molecule has 0 aliphatic heterocycles. The third kappa shape index (κ3) is 4.36. The highest BCUT2D eigenvalue weighted by molar-refractivity contribution is 5.37. The molecular weight excluding hydrogens is 214 g/mol. The van der Waals surface area contributed by atoms with Crippen molar-refractivity contribution in [3.63, 3.8) is 0 Å². The van der Waals surface area contributed by atoms with Crippen LogP contribution in [0.3, 0.4) is 0 Å². The van der Waals surface area contributed by atoms with E-state index in [0.29, 0.717) is 12.8 Å². The van der Waals surface area contributed by atoms with Gasteiger partial charge in [-0.1, -0.05) is 19.1 Å². The summed E-state index contributed by atoms with van der Waals surface area (Å²) in [6, 6.07) is 6.65. The van der Waals surface area contributed by atoms with Gasteiger partial charge in [-0.15, -0.1) is 0 Å². The maximum absolute atomic E-state index is 5.46. The Bertz CT molecular complexity index is 339. The van der Waals surface area contributed by atoms with Crippen molar-refractivity contribution >= 4 is 0 Å². The van der Waals surface area contributed by atoms with E-state index < -0.39 is 0 Å². The van der Waals surface area contributed by atoms with Crippen LogP contribution in [0, 0.1) is 6.92 Å². The SMILES string of the molecule is CCCNC(C)c1ccc(OCOC)c(C)c1. The predicted octanol–water partition coefficient (Wildman–Crippen LogP) is 3.04. The normalized spacial score (nSPS) is 12.5. The molecule has 3 heteroatoms. The number of rotatable bonds is 7. The van der Waals surface area contributed by atoms with Gasteiger partial charge < -0.3 is 14.8 Å². The average Bonchev–Trinajstić information content (AvgIpc) is 2.34. The smallest absolute Gasteiger partial charge is 0.188 e. The van der Waals surface area contributed by atoms with Crippen LogP contribution in [0.1, 0.15) is 37.4 Å². The first-order valence-corrected chi connectivity index (χ1v) is 6.14. The molecule has 0 aromatic heterocycles. The van der Waals surface area contributed by atoms with Crippen LogP contribution in [0.15, 0.2) is 18.2 Å². The van der Waals surface area contributed by atoms with Crippen molar-refractivity contribution in [1.29, 1.82) is 0 Å². The lowest BCUT2D eigenvalue weighted by Crippen LogP contribution is -2.19. The molecule has 1 unspecified atom stereocenters. The highest BCUT2D eigenvalue weighted by Crippen LogP contribution is 2.22. The molecule has 96 valence electrons. The topological polar surface area (TPSA) is 30.5 Å². The molecule has 1 N–H and O–H groups in total. The third-order valence-electron chi connectivity index (χ3n) is 2.73. The van der Waals surface area contributed by atoms with Gasteiger partial charge in [-0.25, -0.2) is 0 Å². The first-order valence-electron chi connectivity index (χ1n) is 6.14. The van der Waals surface area contributed by atoms with E-state index in [1.54, 1.807) is 7.11 Å². The lowest BCUT2D eigenvalue weighted by Gasteiger charge is -2.16. The van der Waals surface area contributed by atoms with Gasteiger partial charge in [0, 0.05) is 13.2 Å². The second-order valence-corrected chi connectivity index (χ2v) is 4.25. The fraction of sp³-hybridized carbons (Fsp3) is 0.571. The van der Waals surface area contributed by atoms with Crippen molar-refractivity contribution < 1.29 is 9.47 Å². The van der Waals surface area contributed by atoms with Crippen LogP contribution in [0.2, 0.25) is 0 Å². The molecule has 3 nitrogen and oxygen atoms in total. The van der Waals surface area contributed by atoms with Crippen molar-refractivity contribution in [1.82, 2.24) is 5.32 Å². The third-order valence-corrected chi connectivity index (χ3v) is 2.73. The van der Waals surface area contributed by atoms with Gasteiger partial charge in [0.1, 0.15) is 5.75 Å². The number of methoxy groups -OCH3 is 1. The van der Waals surface area contributed by atoms with E-state index in [-0.39, 0.29) is 0 Å². The minimum Gasteiger partial charge on any atom is -0.467 e. The van der Waals surface area contributed by atoms with Crippen LogP contribution in [-0.4, -0.2) is 20.4 Å². The van der Waals surface area contributed by atoms with Crippen molar-refractivity contribution in [2.75, 3.05) is 20.4 Å². The zero-order chi connectivity index (χ0) is 12.7. The van der Waals surface area contributed by atoms with Crippen LogP contribution in [0.4, 0.5) is 0 Å². The molecule has 0 aliphatic rings. The Hall–Kier alpha value is -1.06. The van der Waals surface area contributed by atoms with E-state index in [9.17, 15) is 0 Å². The van der Waals surface area contributed by atoms with Gasteiger partial charge in [-0.3, -0.25) is 0 Å². The fourth-order valence-corrected chi connectivity index (χ4v) is 1.70. The Morgan fingerprint density at radius 3 is 2.71 bits per heavy atom. The van der Waals surface area contributed by atoms with Gasteiger partial charge in [0.2, 0.25) is 0 Å². The summed E-state index contributed by atoms with van der Waals surface area (Å²) in [4.78, 5) is 0. The standard InChI is InChI=1S/C14H23NO2/c1-5-8-15-12(3)13-6-7-14(11(2)9-13)17-10-16-4/h6-7,9,12,15H,5,8,10H2,1-4H3. The predicted molar refractivity (Wildman–Crippen MR) is 70.4 cm³/mol. The Balaban J connectivity index is 2.67. The summed E-state index contributed by atoms with van der Waals surface area (Å²) in [6.45, 7) is 7.75. The molecule has 17 heavy (non-hydrogen) atoms. The minimum atomic E-state index is 0.295. The van der Waals surface area contributed by atoms with Crippen LogP contribution in [0.25, 0.3) is 0 Å². The summed E-state index contributed by atoms with van der Waals surface area (Å²) in [6.07, 6.45) is 1.15. The molecule has 0 fully saturated rings. The Morgan fingerprint density at radius 1 is 1.35 bits per heavy atom. The summed E-state index contributed by atoms with van der Waals surface area (Å²) in [5, 5.41) is 3.47. The van der Waals surface area contributed by atoms with Gasteiger partial charge in [0.05, 0.1) is 0 Å². The number of ether oxygens (including phenoxy) is 2. The first-order chi connectivity index (χ1) is 8.19. The van der Waals surface area contributed by atoms with E-state index in [0.717, 1.165) is 24.3 Å². The lowest BCUT2D eigenvalue weighted by molar-refractivity contribution is 0.0506. The lowest BCUT2D eigenvalue weighted by atomic mass is 10.0. The van der Waals surface area contributed by atoms with Gasteiger partial charge in [-0.05, 0) is 44.0 Å². The average molecular weight is 237 g/mol. The van der Waals surface area contributed by atoms with E-state index in [2.05, 4.69) is 38.2 Å². The van der Waals surface area contributed by atoms with E-state index in [1.807, 2.05) is 6.07 Å². The Labute approximate surface area is 104 Å². The highest BCUT2D eigenvalue weighted by Gasteiger charge is 2.06. The second kappa shape index (κ2) is 7.30. The summed E-state index contributed by atoms with van der Waals surface area (Å²) in [5.41, 5.74) is 2.44. The van der Waals surface area contributed by atoms with E-state index in [1.165, 1.54) is 5.56 Å². The molecule has 0 saturated carbocycles. The number of aryl methyl sites for hydroxylation is 1. The molecule has 1 aromatic rings. The first kappa shape index (κ1) is 14.0. The molecule has 0 aliphatic carbocycles. The summed E-state index contributed by atoms with van der Waals surface area (Å²) in [5.74, 6) is 0.887.